The topological polar surface area (TPSA) is 24.5 Å². The van der Waals surface area contributed by atoms with E-state index < -0.39 is 12.8 Å². The highest BCUT2D eigenvalue weighted by Gasteiger charge is 2.56. The van der Waals surface area contributed by atoms with E-state index >= 15 is 0 Å². The molecule has 2 heterocycles. The highest BCUT2D eigenvalue weighted by Crippen LogP contribution is 2.55. The molecule has 3 nitrogen and oxygen atoms in total. The number of nitrogens with one attached hydrogen (secondary N) is 1. The van der Waals surface area contributed by atoms with Gasteiger partial charge >= 0.3 is 6.18 Å². The predicted octanol–water partition coefficient (Wildman–Crippen LogP) is 3.69. The average Bonchev–Trinajstić information content (AvgIpc) is 2.95. The average molecular weight is 385 g/mol. The van der Waals surface area contributed by atoms with Crippen molar-refractivity contribution >= 4 is 23.7 Å². The molecule has 8 heteroatoms. The molecule has 1 saturated heterocycles. The number of hydrogen-bond acceptors (Lipinski definition) is 4. The van der Waals surface area contributed by atoms with Crippen molar-refractivity contribution in [2.45, 2.75) is 38.0 Å². The van der Waals surface area contributed by atoms with Gasteiger partial charge in [0.25, 0.3) is 0 Å². The highest BCUT2D eigenvalue weighted by atomic mass is 35.5. The Labute approximate surface area is 151 Å². The molecule has 1 saturated carbocycles. The lowest BCUT2D eigenvalue weighted by Crippen LogP contribution is -2.37. The zero-order valence-corrected chi connectivity index (χ0v) is 15.1. The second-order valence-corrected chi connectivity index (χ2v) is 7.38. The molecule has 1 spiro atoms. The molecule has 1 aromatic rings. The van der Waals surface area contributed by atoms with E-state index in [2.05, 4.69) is 21.7 Å². The number of piperidine rings is 1. The monoisotopic (exact) mass is 384 g/mol. The summed E-state index contributed by atoms with van der Waals surface area (Å²) in [6, 6.07) is 2.57. The first-order valence-electron chi connectivity index (χ1n) is 8.09. The maximum absolute atomic E-state index is 12.2. The van der Waals surface area contributed by atoms with Gasteiger partial charge in [0.1, 0.15) is 6.61 Å². The first-order chi connectivity index (χ1) is 11.0. The van der Waals surface area contributed by atoms with Crippen LogP contribution in [0.5, 0.6) is 0 Å². The van der Waals surface area contributed by atoms with Crippen molar-refractivity contribution in [2.24, 2.45) is 5.41 Å². The van der Waals surface area contributed by atoms with Crippen molar-refractivity contribution in [3.05, 3.63) is 22.4 Å². The number of hydrogen-bond donors (Lipinski definition) is 1. The molecule has 1 atom stereocenters. The number of alkyl halides is 3. The fourth-order valence-electron chi connectivity index (χ4n) is 3.64. The van der Waals surface area contributed by atoms with E-state index in [0.29, 0.717) is 18.0 Å². The molecular weight excluding hydrogens is 361 g/mol. The summed E-state index contributed by atoms with van der Waals surface area (Å²) in [4.78, 5) is 2.32. The van der Waals surface area contributed by atoms with E-state index in [1.165, 1.54) is 18.4 Å². The summed E-state index contributed by atoms with van der Waals surface area (Å²) < 4.78 is 41.4. The Morgan fingerprint density at radius 1 is 1.33 bits per heavy atom. The van der Waals surface area contributed by atoms with Crippen LogP contribution >= 0.6 is 23.7 Å². The summed E-state index contributed by atoms with van der Waals surface area (Å²) >= 11 is 1.66. The maximum Gasteiger partial charge on any atom is 0.411 e. The van der Waals surface area contributed by atoms with Crippen LogP contribution in [0.1, 0.15) is 24.8 Å². The molecule has 0 bridgehead atoms. The molecule has 0 aromatic carbocycles. The molecule has 1 aliphatic heterocycles. The van der Waals surface area contributed by atoms with Crippen LogP contribution in [0.4, 0.5) is 13.2 Å². The minimum atomic E-state index is -4.24. The number of nitrogens with zero attached hydrogens (tertiary/aromatic N) is 1. The van der Waals surface area contributed by atoms with Crippen molar-refractivity contribution in [2.75, 3.05) is 32.8 Å². The van der Waals surface area contributed by atoms with Gasteiger partial charge in [0.2, 0.25) is 0 Å². The van der Waals surface area contributed by atoms with Gasteiger partial charge in [-0.2, -0.15) is 24.5 Å². The van der Waals surface area contributed by atoms with Crippen LogP contribution < -0.4 is 5.32 Å². The van der Waals surface area contributed by atoms with Gasteiger partial charge in [0, 0.05) is 19.1 Å². The maximum atomic E-state index is 12.2. The van der Waals surface area contributed by atoms with E-state index in [1.54, 1.807) is 11.3 Å². The molecule has 1 N–H and O–H groups in total. The van der Waals surface area contributed by atoms with Crippen molar-refractivity contribution < 1.29 is 17.9 Å². The molecule has 2 aliphatic rings. The van der Waals surface area contributed by atoms with E-state index in [1.807, 2.05) is 5.38 Å². The normalized spacial score (nSPS) is 22.6. The van der Waals surface area contributed by atoms with Crippen LogP contribution in [0, 0.1) is 5.41 Å². The summed E-state index contributed by atoms with van der Waals surface area (Å²) in [5, 5.41) is 7.54. The summed E-state index contributed by atoms with van der Waals surface area (Å²) in [6.45, 7) is 2.44. The second kappa shape index (κ2) is 8.36. The molecule has 0 amide bonds. The number of ether oxygens (including phenoxy) is 1. The van der Waals surface area contributed by atoms with Gasteiger partial charge < -0.3 is 10.1 Å². The van der Waals surface area contributed by atoms with Gasteiger partial charge in [0.15, 0.2) is 0 Å². The van der Waals surface area contributed by atoms with E-state index in [9.17, 15) is 13.2 Å². The highest BCUT2D eigenvalue weighted by molar-refractivity contribution is 7.07. The van der Waals surface area contributed by atoms with Gasteiger partial charge in [-0.05, 0) is 60.2 Å². The lowest BCUT2D eigenvalue weighted by molar-refractivity contribution is -0.174. The number of thiophene rings is 1. The Bertz CT molecular complexity index is 492. The molecule has 1 aromatic heterocycles. The molecule has 138 valence electrons. The third kappa shape index (κ3) is 5.33. The SMILES string of the molecule is Cl.FC(F)(F)COCCN(Cc1ccsc1)C1CC12CCNCC2. The third-order valence-corrected chi connectivity index (χ3v) is 5.67. The van der Waals surface area contributed by atoms with Gasteiger partial charge in [-0.15, -0.1) is 12.4 Å². The molecule has 1 unspecified atom stereocenters. The van der Waals surface area contributed by atoms with Crippen LogP contribution in [0.15, 0.2) is 16.8 Å². The standard InChI is InChI=1S/C16H23F3N2OS.ClH/c17-16(18,19)12-22-7-6-21(10-13-1-8-23-11-13)14-9-15(14)2-4-20-5-3-15;/h1,8,11,14,20H,2-7,9-10,12H2;1H. The van der Waals surface area contributed by atoms with Gasteiger partial charge in [-0.1, -0.05) is 0 Å². The quantitative estimate of drug-likeness (QED) is 0.725. The van der Waals surface area contributed by atoms with Crippen molar-refractivity contribution in [1.82, 2.24) is 10.2 Å². The van der Waals surface area contributed by atoms with Crippen LogP contribution in [-0.2, 0) is 11.3 Å². The van der Waals surface area contributed by atoms with Crippen molar-refractivity contribution in [1.29, 1.82) is 0 Å². The molecule has 1 aliphatic carbocycles. The van der Waals surface area contributed by atoms with Crippen molar-refractivity contribution in [3.63, 3.8) is 0 Å². The molecule has 3 rings (SSSR count). The minimum Gasteiger partial charge on any atom is -0.371 e. The largest absolute Gasteiger partial charge is 0.411 e. The Hall–Kier alpha value is -0.340. The van der Waals surface area contributed by atoms with Crippen LogP contribution in [0.25, 0.3) is 0 Å². The van der Waals surface area contributed by atoms with Crippen LogP contribution in [0.2, 0.25) is 0 Å². The molecule has 2 fully saturated rings. The van der Waals surface area contributed by atoms with E-state index in [0.717, 1.165) is 26.1 Å². The van der Waals surface area contributed by atoms with E-state index in [4.69, 9.17) is 4.74 Å². The first kappa shape index (κ1) is 20.0. The number of rotatable bonds is 7. The Kier molecular flexibility index (Phi) is 6.96. The zero-order chi connectivity index (χ0) is 16.3. The van der Waals surface area contributed by atoms with Crippen LogP contribution in [-0.4, -0.2) is 50.0 Å². The second-order valence-electron chi connectivity index (χ2n) is 6.60. The Morgan fingerprint density at radius 3 is 2.71 bits per heavy atom. The fraction of sp³-hybridized carbons (Fsp3) is 0.750. The summed E-state index contributed by atoms with van der Waals surface area (Å²) in [5.74, 6) is 0. The van der Waals surface area contributed by atoms with Gasteiger partial charge in [-0.3, -0.25) is 4.90 Å². The lowest BCUT2D eigenvalue weighted by Gasteiger charge is -2.29. The minimum absolute atomic E-state index is 0. The van der Waals surface area contributed by atoms with Gasteiger partial charge in [0.05, 0.1) is 6.61 Å². The number of halogens is 4. The van der Waals surface area contributed by atoms with E-state index in [-0.39, 0.29) is 19.0 Å². The Morgan fingerprint density at radius 2 is 2.08 bits per heavy atom. The predicted molar refractivity (Wildman–Crippen MR) is 91.8 cm³/mol. The third-order valence-electron chi connectivity index (χ3n) is 4.94. The van der Waals surface area contributed by atoms with Gasteiger partial charge in [-0.25, -0.2) is 0 Å². The molecule has 0 radical (unpaired) electrons. The van der Waals surface area contributed by atoms with Crippen molar-refractivity contribution in [3.8, 4) is 0 Å². The smallest absolute Gasteiger partial charge is 0.371 e. The van der Waals surface area contributed by atoms with Crippen LogP contribution in [0.3, 0.4) is 0 Å². The molecular formula is C16H24ClF3N2OS. The first-order valence-corrected chi connectivity index (χ1v) is 9.03. The molecule has 24 heavy (non-hydrogen) atoms. The summed E-state index contributed by atoms with van der Waals surface area (Å²) in [7, 11) is 0. The fourth-order valence-corrected chi connectivity index (χ4v) is 4.30. The summed E-state index contributed by atoms with van der Waals surface area (Å²) in [6.07, 6.45) is -0.742. The summed E-state index contributed by atoms with van der Waals surface area (Å²) in [5.41, 5.74) is 1.62. The zero-order valence-electron chi connectivity index (χ0n) is 13.5. The Balaban J connectivity index is 0.00000208. The lowest BCUT2D eigenvalue weighted by atomic mass is 9.93.